The largest absolute Gasteiger partial charge is 0.523 e. The minimum Gasteiger partial charge on any atom is -0.344 e. The van der Waals surface area contributed by atoms with Crippen molar-refractivity contribution >= 4 is 10.1 Å². The first kappa shape index (κ1) is 12.3. The quantitative estimate of drug-likeness (QED) is 0.562. The van der Waals surface area contributed by atoms with Crippen LogP contribution in [0.3, 0.4) is 0 Å². The number of ether oxygens (including phenoxy) is 3. The summed E-state index contributed by atoms with van der Waals surface area (Å²) < 4.78 is 93.5. The first-order valence-electron chi connectivity index (χ1n) is 6.35. The molecule has 0 aliphatic carbocycles. The zero-order valence-corrected chi connectivity index (χ0v) is 10.7. The summed E-state index contributed by atoms with van der Waals surface area (Å²) in [6.45, 7) is 1.13. The Kier molecular flexibility index (Phi) is 2.78. The number of halogens is 3. The summed E-state index contributed by atoms with van der Waals surface area (Å²) in [7, 11) is -5.91. The summed E-state index contributed by atoms with van der Waals surface area (Å²) in [5.74, 6) is -1.20. The van der Waals surface area contributed by atoms with Crippen molar-refractivity contribution in [3.63, 3.8) is 0 Å². The van der Waals surface area contributed by atoms with Crippen LogP contribution in [0.2, 0.25) is 0 Å². The van der Waals surface area contributed by atoms with Crippen molar-refractivity contribution in [2.45, 2.75) is 56.6 Å². The Morgan fingerprint density at radius 3 is 2.47 bits per heavy atom. The van der Waals surface area contributed by atoms with Gasteiger partial charge in [-0.15, -0.1) is 0 Å². The minimum atomic E-state index is -5.91. The Labute approximate surface area is 110 Å². The molecule has 0 bridgehead atoms. The molecule has 0 spiro atoms. The Bertz CT molecular complexity index is 508. The molecule has 2 aliphatic rings. The first-order valence-corrected chi connectivity index (χ1v) is 6.60. The average Bonchev–Trinajstić information content (AvgIpc) is 2.70. The van der Waals surface area contributed by atoms with Crippen LogP contribution in [0.5, 0.6) is 0 Å². The SMILES string of the molecule is [2H]C([2H])[C@H]1O[C@H]2OC(C)(C)O[C@H]2C1OS(=O)(=O)C(F)(F)F. The van der Waals surface area contributed by atoms with Gasteiger partial charge in [0.05, 0.1) is 6.10 Å². The number of rotatable bonds is 2. The van der Waals surface area contributed by atoms with Gasteiger partial charge < -0.3 is 14.2 Å². The third-order valence-corrected chi connectivity index (χ3v) is 3.59. The summed E-state index contributed by atoms with van der Waals surface area (Å²) in [4.78, 5) is 0. The second-order valence-corrected chi connectivity index (χ2v) is 6.09. The maximum Gasteiger partial charge on any atom is 0.523 e. The number of hydrogen-bond acceptors (Lipinski definition) is 6. The molecule has 0 aromatic carbocycles. The average molecular weight is 308 g/mol. The lowest BCUT2D eigenvalue weighted by Crippen LogP contribution is -2.40. The Morgan fingerprint density at radius 2 is 1.95 bits per heavy atom. The second kappa shape index (κ2) is 4.29. The van der Waals surface area contributed by atoms with E-state index in [4.69, 9.17) is 17.0 Å². The highest BCUT2D eigenvalue weighted by Crippen LogP contribution is 2.40. The minimum absolute atomic E-state index is 1.20. The smallest absolute Gasteiger partial charge is 0.344 e. The third-order valence-electron chi connectivity index (χ3n) is 2.55. The lowest BCUT2D eigenvalue weighted by atomic mass is 10.2. The first-order chi connectivity index (χ1) is 9.34. The van der Waals surface area contributed by atoms with Gasteiger partial charge in [-0.25, -0.2) is 0 Å². The summed E-state index contributed by atoms with van der Waals surface area (Å²) in [6, 6.07) is 0. The summed E-state index contributed by atoms with van der Waals surface area (Å²) >= 11 is 0. The molecule has 19 heavy (non-hydrogen) atoms. The molecular weight excluding hydrogens is 293 g/mol. The summed E-state index contributed by atoms with van der Waals surface area (Å²) in [5.41, 5.74) is -5.62. The van der Waals surface area contributed by atoms with Crippen LogP contribution >= 0.6 is 0 Å². The van der Waals surface area contributed by atoms with E-state index in [1.807, 2.05) is 0 Å². The molecule has 0 radical (unpaired) electrons. The van der Waals surface area contributed by atoms with Crippen molar-refractivity contribution in [3.8, 4) is 0 Å². The molecule has 2 rings (SSSR count). The molecule has 4 atom stereocenters. The third kappa shape index (κ3) is 2.72. The lowest BCUT2D eigenvalue weighted by Gasteiger charge is -2.23. The lowest BCUT2D eigenvalue weighted by molar-refractivity contribution is -0.211. The molecule has 0 amide bonds. The molecule has 1 unspecified atom stereocenters. The molecule has 0 saturated carbocycles. The zero-order chi connectivity index (χ0) is 16.2. The van der Waals surface area contributed by atoms with E-state index in [9.17, 15) is 21.6 Å². The van der Waals surface area contributed by atoms with Crippen molar-refractivity contribution in [3.05, 3.63) is 0 Å². The molecule has 0 N–H and O–H groups in total. The summed E-state index contributed by atoms with van der Waals surface area (Å²) in [6.07, 6.45) is -5.81. The fourth-order valence-electron chi connectivity index (χ4n) is 1.81. The standard InChI is InChI=1S/C9H13F3O6S/c1-4-5(18-19(13,14)9(10,11)12)6-7(15-4)17-8(2,3)16-6/h4-7H,1-3H3/t4-,5?,6+,7+/m1/s1/i1D2. The van der Waals surface area contributed by atoms with E-state index in [1.54, 1.807) is 0 Å². The molecule has 10 heteroatoms. The fourth-order valence-corrected chi connectivity index (χ4v) is 2.44. The Balaban J connectivity index is 2.25. The van der Waals surface area contributed by atoms with Crippen LogP contribution in [0.25, 0.3) is 0 Å². The molecule has 0 aromatic rings. The van der Waals surface area contributed by atoms with Crippen LogP contribution in [0.15, 0.2) is 0 Å². The van der Waals surface area contributed by atoms with Gasteiger partial charge in [0, 0.05) is 2.74 Å². The van der Waals surface area contributed by atoms with Crippen LogP contribution in [0.4, 0.5) is 13.2 Å². The molecule has 2 aliphatic heterocycles. The van der Waals surface area contributed by atoms with E-state index in [2.05, 4.69) is 4.18 Å². The van der Waals surface area contributed by atoms with E-state index < -0.39 is 52.9 Å². The Morgan fingerprint density at radius 1 is 1.32 bits per heavy atom. The van der Waals surface area contributed by atoms with E-state index in [0.717, 1.165) is 0 Å². The number of hydrogen-bond donors (Lipinski definition) is 0. The molecule has 2 heterocycles. The van der Waals surface area contributed by atoms with E-state index in [1.165, 1.54) is 13.8 Å². The van der Waals surface area contributed by atoms with E-state index in [0.29, 0.717) is 0 Å². The Hall–Kier alpha value is -0.420. The maximum absolute atomic E-state index is 12.4. The molecule has 0 aromatic heterocycles. The van der Waals surface area contributed by atoms with Crippen LogP contribution in [-0.2, 0) is 28.5 Å². The van der Waals surface area contributed by atoms with Crippen molar-refractivity contribution in [2.75, 3.05) is 0 Å². The van der Waals surface area contributed by atoms with Crippen LogP contribution in [0.1, 0.15) is 23.5 Å². The van der Waals surface area contributed by atoms with E-state index in [-0.39, 0.29) is 0 Å². The van der Waals surface area contributed by atoms with Crippen LogP contribution in [-0.4, -0.2) is 44.3 Å². The predicted molar refractivity (Wildman–Crippen MR) is 54.2 cm³/mol. The fraction of sp³-hybridized carbons (Fsp3) is 1.00. The zero-order valence-electron chi connectivity index (χ0n) is 11.9. The molecule has 2 saturated heterocycles. The van der Waals surface area contributed by atoms with Gasteiger partial charge in [-0.3, -0.25) is 4.18 Å². The van der Waals surface area contributed by atoms with Crippen LogP contribution in [0, 0.1) is 0 Å². The normalized spacial score (nSPS) is 40.1. The molecule has 2 fully saturated rings. The van der Waals surface area contributed by atoms with Gasteiger partial charge >= 0.3 is 15.6 Å². The predicted octanol–water partition coefficient (Wildman–Crippen LogP) is 1.12. The van der Waals surface area contributed by atoms with Gasteiger partial charge in [-0.1, -0.05) is 0 Å². The highest BCUT2D eigenvalue weighted by atomic mass is 32.2. The number of alkyl halides is 3. The van der Waals surface area contributed by atoms with Gasteiger partial charge in [0.2, 0.25) is 0 Å². The van der Waals surface area contributed by atoms with E-state index >= 15 is 0 Å². The topological polar surface area (TPSA) is 71.1 Å². The van der Waals surface area contributed by atoms with Gasteiger partial charge in [0.25, 0.3) is 0 Å². The molecule has 112 valence electrons. The van der Waals surface area contributed by atoms with Gasteiger partial charge in [0.1, 0.15) is 12.2 Å². The van der Waals surface area contributed by atoms with Crippen molar-refractivity contribution < 1.29 is 42.7 Å². The monoisotopic (exact) mass is 308 g/mol. The van der Waals surface area contributed by atoms with Crippen LogP contribution < -0.4 is 0 Å². The van der Waals surface area contributed by atoms with Gasteiger partial charge in [0.15, 0.2) is 12.1 Å². The molecular formula is C9H13F3O6S. The van der Waals surface area contributed by atoms with Crippen molar-refractivity contribution in [1.82, 2.24) is 0 Å². The van der Waals surface area contributed by atoms with Crippen molar-refractivity contribution in [2.24, 2.45) is 0 Å². The van der Waals surface area contributed by atoms with Gasteiger partial charge in [-0.2, -0.15) is 21.6 Å². The second-order valence-electron chi connectivity index (χ2n) is 4.53. The highest BCUT2D eigenvalue weighted by molar-refractivity contribution is 7.87. The van der Waals surface area contributed by atoms with Gasteiger partial charge in [-0.05, 0) is 20.7 Å². The maximum atomic E-state index is 12.4. The molecule has 6 nitrogen and oxygen atoms in total. The van der Waals surface area contributed by atoms with Crippen molar-refractivity contribution in [1.29, 1.82) is 0 Å². The summed E-state index contributed by atoms with van der Waals surface area (Å²) in [5, 5.41) is 0. The number of fused-ring (bicyclic) bond motifs is 1. The highest BCUT2D eigenvalue weighted by Gasteiger charge is 2.58.